The summed E-state index contributed by atoms with van der Waals surface area (Å²) >= 11 is 0. The Hall–Kier alpha value is -2.16. The van der Waals surface area contributed by atoms with Gasteiger partial charge in [-0.3, -0.25) is 9.78 Å². The summed E-state index contributed by atoms with van der Waals surface area (Å²) in [6, 6.07) is 14.1. The number of fused-ring (bicyclic) bond motifs is 3. The van der Waals surface area contributed by atoms with E-state index < -0.39 is 0 Å². The lowest BCUT2D eigenvalue weighted by atomic mass is 9.79. The summed E-state index contributed by atoms with van der Waals surface area (Å²) in [6.07, 6.45) is 4.98. The Kier molecular flexibility index (Phi) is 2.43. The average Bonchev–Trinajstić information content (AvgIpc) is 2.80. The molecular weight excluding hydrogens is 248 g/mol. The Bertz CT molecular complexity index is 668. The van der Waals surface area contributed by atoms with Gasteiger partial charge in [0.05, 0.1) is 11.3 Å². The van der Waals surface area contributed by atoms with Crippen LogP contribution in [0, 0.1) is 0 Å². The highest BCUT2D eigenvalue weighted by Gasteiger charge is 2.52. The van der Waals surface area contributed by atoms with Crippen LogP contribution in [0.1, 0.15) is 40.9 Å². The molecule has 0 spiro atoms. The number of hydrogen-bond donors (Lipinski definition) is 0. The van der Waals surface area contributed by atoms with Gasteiger partial charge in [0.2, 0.25) is 0 Å². The van der Waals surface area contributed by atoms with Crippen LogP contribution in [0.5, 0.6) is 0 Å². The number of carbonyl (C=O) groups is 1. The van der Waals surface area contributed by atoms with Crippen LogP contribution in [0.15, 0.2) is 48.7 Å². The van der Waals surface area contributed by atoms with E-state index >= 15 is 0 Å². The molecule has 100 valence electrons. The van der Waals surface area contributed by atoms with Gasteiger partial charge in [0.15, 0.2) is 0 Å². The molecule has 1 fully saturated rings. The first-order chi connectivity index (χ1) is 9.84. The maximum Gasteiger partial charge on any atom is 0.256 e. The summed E-state index contributed by atoms with van der Waals surface area (Å²) in [7, 11) is 0. The van der Waals surface area contributed by atoms with Crippen molar-refractivity contribution in [2.24, 2.45) is 0 Å². The van der Waals surface area contributed by atoms with Crippen molar-refractivity contribution in [1.29, 1.82) is 0 Å². The predicted octanol–water partition coefficient (Wildman–Crippen LogP) is 2.96. The fourth-order valence-electron chi connectivity index (χ4n) is 3.70. The predicted molar refractivity (Wildman–Crippen MR) is 76.3 cm³/mol. The molecule has 3 heterocycles. The van der Waals surface area contributed by atoms with Crippen LogP contribution in [-0.2, 0) is 5.54 Å². The molecule has 1 unspecified atom stereocenters. The average molecular weight is 264 g/mol. The highest BCUT2D eigenvalue weighted by atomic mass is 16.2. The van der Waals surface area contributed by atoms with E-state index in [2.05, 4.69) is 17.1 Å². The van der Waals surface area contributed by atoms with Gasteiger partial charge in [-0.15, -0.1) is 0 Å². The number of aromatic nitrogens is 1. The molecule has 0 radical (unpaired) electrons. The zero-order valence-corrected chi connectivity index (χ0v) is 11.2. The lowest BCUT2D eigenvalue weighted by Crippen LogP contribution is -2.48. The molecule has 4 rings (SSSR count). The third-order valence-corrected chi connectivity index (χ3v) is 4.56. The normalized spacial score (nSPS) is 24.4. The van der Waals surface area contributed by atoms with E-state index in [1.54, 1.807) is 6.20 Å². The molecule has 3 heteroatoms. The number of pyridine rings is 1. The summed E-state index contributed by atoms with van der Waals surface area (Å²) in [4.78, 5) is 19.3. The molecule has 1 aromatic heterocycles. The van der Waals surface area contributed by atoms with Crippen molar-refractivity contribution in [3.05, 3.63) is 65.5 Å². The number of piperidine rings is 1. The number of benzene rings is 1. The molecule has 20 heavy (non-hydrogen) atoms. The standard InChI is InChI=1S/C17H16N2O/c20-16-14-9-6-11-18-15(14)17(10-4-5-12-19(16)17)13-7-2-1-3-8-13/h1-3,6-9,11H,4-5,10,12H2. The number of rotatable bonds is 1. The van der Waals surface area contributed by atoms with Crippen LogP contribution in [0.3, 0.4) is 0 Å². The van der Waals surface area contributed by atoms with Gasteiger partial charge in [0.1, 0.15) is 5.54 Å². The van der Waals surface area contributed by atoms with E-state index in [1.807, 2.05) is 35.2 Å². The summed E-state index contributed by atoms with van der Waals surface area (Å²) in [6.45, 7) is 0.823. The van der Waals surface area contributed by atoms with Gasteiger partial charge >= 0.3 is 0 Å². The van der Waals surface area contributed by atoms with E-state index in [-0.39, 0.29) is 11.4 Å². The van der Waals surface area contributed by atoms with Crippen molar-refractivity contribution >= 4 is 5.91 Å². The maximum absolute atomic E-state index is 12.7. The van der Waals surface area contributed by atoms with Crippen molar-refractivity contribution in [3.8, 4) is 0 Å². The van der Waals surface area contributed by atoms with Crippen molar-refractivity contribution < 1.29 is 4.79 Å². The molecule has 0 N–H and O–H groups in total. The van der Waals surface area contributed by atoms with Gasteiger partial charge in [-0.05, 0) is 37.0 Å². The second kappa shape index (κ2) is 4.17. The zero-order chi connectivity index (χ0) is 13.6. The van der Waals surface area contributed by atoms with Crippen molar-refractivity contribution in [2.75, 3.05) is 6.54 Å². The van der Waals surface area contributed by atoms with Crippen LogP contribution in [-0.4, -0.2) is 22.3 Å². The topological polar surface area (TPSA) is 33.2 Å². The first kappa shape index (κ1) is 11.6. The van der Waals surface area contributed by atoms with Crippen LogP contribution < -0.4 is 0 Å². The Balaban J connectivity index is 2.01. The van der Waals surface area contributed by atoms with Gasteiger partial charge in [0, 0.05) is 12.7 Å². The molecule has 0 aliphatic carbocycles. The highest BCUT2D eigenvalue weighted by molar-refractivity contribution is 6.00. The molecular formula is C17H16N2O. The number of hydrogen-bond acceptors (Lipinski definition) is 2. The molecule has 2 aromatic rings. The fourth-order valence-corrected chi connectivity index (χ4v) is 3.70. The Morgan fingerprint density at radius 1 is 1.05 bits per heavy atom. The quantitative estimate of drug-likeness (QED) is 0.793. The molecule has 2 aliphatic rings. The van der Waals surface area contributed by atoms with Crippen LogP contribution in [0.4, 0.5) is 0 Å². The van der Waals surface area contributed by atoms with Crippen molar-refractivity contribution in [2.45, 2.75) is 24.8 Å². The lowest BCUT2D eigenvalue weighted by molar-refractivity contribution is 0.0515. The van der Waals surface area contributed by atoms with Gasteiger partial charge in [0.25, 0.3) is 5.91 Å². The second-order valence-electron chi connectivity index (χ2n) is 5.54. The number of nitrogens with zero attached hydrogens (tertiary/aromatic N) is 2. The molecule has 1 aromatic carbocycles. The SMILES string of the molecule is O=C1c2cccnc2C2(c3ccccc3)CCCCN12. The lowest BCUT2D eigenvalue weighted by Gasteiger charge is -2.42. The molecule has 3 nitrogen and oxygen atoms in total. The highest BCUT2D eigenvalue weighted by Crippen LogP contribution is 2.48. The minimum Gasteiger partial charge on any atom is -0.323 e. The largest absolute Gasteiger partial charge is 0.323 e. The van der Waals surface area contributed by atoms with E-state index in [1.165, 1.54) is 5.56 Å². The molecule has 2 aliphatic heterocycles. The van der Waals surface area contributed by atoms with Gasteiger partial charge in [-0.2, -0.15) is 0 Å². The summed E-state index contributed by atoms with van der Waals surface area (Å²) < 4.78 is 0. The van der Waals surface area contributed by atoms with Gasteiger partial charge in [-0.1, -0.05) is 30.3 Å². The van der Waals surface area contributed by atoms with Crippen molar-refractivity contribution in [3.63, 3.8) is 0 Å². The maximum atomic E-state index is 12.7. The second-order valence-corrected chi connectivity index (χ2v) is 5.54. The van der Waals surface area contributed by atoms with E-state index in [4.69, 9.17) is 0 Å². The third-order valence-electron chi connectivity index (χ3n) is 4.56. The van der Waals surface area contributed by atoms with Crippen LogP contribution >= 0.6 is 0 Å². The Labute approximate surface area is 118 Å². The molecule has 1 atom stereocenters. The molecule has 0 saturated carbocycles. The van der Waals surface area contributed by atoms with Gasteiger partial charge < -0.3 is 4.90 Å². The minimum atomic E-state index is -0.340. The van der Waals surface area contributed by atoms with E-state index in [9.17, 15) is 4.79 Å². The summed E-state index contributed by atoms with van der Waals surface area (Å²) in [5.74, 6) is 0.136. The van der Waals surface area contributed by atoms with Gasteiger partial charge in [-0.25, -0.2) is 0 Å². The first-order valence-electron chi connectivity index (χ1n) is 7.17. The minimum absolute atomic E-state index is 0.136. The smallest absolute Gasteiger partial charge is 0.256 e. The van der Waals surface area contributed by atoms with E-state index in [0.29, 0.717) is 0 Å². The zero-order valence-electron chi connectivity index (χ0n) is 11.2. The number of amides is 1. The third kappa shape index (κ3) is 1.35. The van der Waals surface area contributed by atoms with Crippen LogP contribution in [0.25, 0.3) is 0 Å². The molecule has 0 bridgehead atoms. The van der Waals surface area contributed by atoms with E-state index in [0.717, 1.165) is 37.1 Å². The number of carbonyl (C=O) groups excluding carboxylic acids is 1. The summed E-state index contributed by atoms with van der Waals surface area (Å²) in [5, 5.41) is 0. The van der Waals surface area contributed by atoms with Crippen LogP contribution in [0.2, 0.25) is 0 Å². The molecule has 1 saturated heterocycles. The fraction of sp³-hybridized carbons (Fsp3) is 0.294. The monoisotopic (exact) mass is 264 g/mol. The summed E-state index contributed by atoms with van der Waals surface area (Å²) in [5.41, 5.74) is 2.56. The Morgan fingerprint density at radius 2 is 1.90 bits per heavy atom. The van der Waals surface area contributed by atoms with Crippen molar-refractivity contribution in [1.82, 2.24) is 9.88 Å². The molecule has 1 amide bonds. The first-order valence-corrected chi connectivity index (χ1v) is 7.17. The Morgan fingerprint density at radius 3 is 2.75 bits per heavy atom.